The lowest BCUT2D eigenvalue weighted by Crippen LogP contribution is -2.45. The van der Waals surface area contributed by atoms with Crippen molar-refractivity contribution in [2.45, 2.75) is 18.4 Å². The summed E-state index contributed by atoms with van der Waals surface area (Å²) >= 11 is 0. The topological polar surface area (TPSA) is 20.3 Å². The molecule has 0 aliphatic carbocycles. The van der Waals surface area contributed by atoms with Crippen LogP contribution in [0.2, 0.25) is 0 Å². The number of fused-ring (bicyclic) bond motifs is 3. The number of benzene rings is 1. The molecule has 1 atom stereocenters. The Labute approximate surface area is 101 Å². The summed E-state index contributed by atoms with van der Waals surface area (Å²) in [7, 11) is 0. The molecule has 1 unspecified atom stereocenters. The first kappa shape index (κ1) is 10.3. The van der Waals surface area contributed by atoms with Gasteiger partial charge in [0.25, 0.3) is 5.91 Å². The molecule has 2 heteroatoms. The molecule has 1 amide bonds. The Kier molecular flexibility index (Phi) is 2.18. The highest BCUT2D eigenvalue weighted by molar-refractivity contribution is 6.00. The summed E-state index contributed by atoms with van der Waals surface area (Å²) < 4.78 is 0. The summed E-state index contributed by atoms with van der Waals surface area (Å²) in [4.78, 5) is 14.4. The lowest BCUT2D eigenvalue weighted by molar-refractivity contribution is 0.0573. The molecule has 2 aliphatic heterocycles. The predicted octanol–water partition coefficient (Wildman–Crippen LogP) is 2.87. The normalized spacial score (nSPS) is 25.6. The van der Waals surface area contributed by atoms with Crippen LogP contribution in [0.4, 0.5) is 0 Å². The number of hydrogen-bond donors (Lipinski definition) is 0. The summed E-state index contributed by atoms with van der Waals surface area (Å²) in [6.07, 6.45) is 7.88. The fourth-order valence-electron chi connectivity index (χ4n) is 3.04. The predicted molar refractivity (Wildman–Crippen MR) is 67.7 cm³/mol. The van der Waals surface area contributed by atoms with Gasteiger partial charge in [0.15, 0.2) is 0 Å². The van der Waals surface area contributed by atoms with Gasteiger partial charge in [-0.2, -0.15) is 0 Å². The van der Waals surface area contributed by atoms with E-state index in [4.69, 9.17) is 0 Å². The molecular formula is C15H15NO. The molecule has 0 aromatic heterocycles. The van der Waals surface area contributed by atoms with Crippen LogP contribution in [0, 0.1) is 0 Å². The van der Waals surface area contributed by atoms with Crippen LogP contribution >= 0.6 is 0 Å². The van der Waals surface area contributed by atoms with Crippen LogP contribution in [0.15, 0.2) is 49.1 Å². The molecule has 2 heterocycles. The van der Waals surface area contributed by atoms with Gasteiger partial charge in [-0.1, -0.05) is 36.4 Å². The number of rotatable bonds is 2. The zero-order valence-corrected chi connectivity index (χ0v) is 9.73. The molecule has 2 aliphatic rings. The largest absolute Gasteiger partial charge is 0.325 e. The van der Waals surface area contributed by atoms with Crippen molar-refractivity contribution in [1.82, 2.24) is 4.90 Å². The molecule has 3 rings (SSSR count). The molecule has 0 fully saturated rings. The Morgan fingerprint density at radius 1 is 1.35 bits per heavy atom. The van der Waals surface area contributed by atoms with Crippen molar-refractivity contribution in [3.8, 4) is 0 Å². The van der Waals surface area contributed by atoms with E-state index in [2.05, 4.69) is 24.8 Å². The molecule has 0 spiro atoms. The van der Waals surface area contributed by atoms with E-state index in [0.717, 1.165) is 24.0 Å². The summed E-state index contributed by atoms with van der Waals surface area (Å²) in [5.41, 5.74) is 1.84. The van der Waals surface area contributed by atoms with Gasteiger partial charge in [-0.3, -0.25) is 4.79 Å². The average molecular weight is 225 g/mol. The first-order chi connectivity index (χ1) is 8.29. The van der Waals surface area contributed by atoms with Crippen LogP contribution in [0.25, 0.3) is 0 Å². The lowest BCUT2D eigenvalue weighted by Gasteiger charge is -2.40. The van der Waals surface area contributed by atoms with E-state index in [-0.39, 0.29) is 11.4 Å². The van der Waals surface area contributed by atoms with Gasteiger partial charge in [-0.15, -0.1) is 6.58 Å². The van der Waals surface area contributed by atoms with E-state index in [0.29, 0.717) is 6.54 Å². The van der Waals surface area contributed by atoms with Crippen molar-refractivity contribution in [2.75, 3.05) is 6.54 Å². The Balaban J connectivity index is 2.22. The van der Waals surface area contributed by atoms with Gasteiger partial charge in [0.2, 0.25) is 0 Å². The van der Waals surface area contributed by atoms with Crippen molar-refractivity contribution in [1.29, 1.82) is 0 Å². The van der Waals surface area contributed by atoms with Crippen LogP contribution in [0.3, 0.4) is 0 Å². The fourth-order valence-corrected chi connectivity index (χ4v) is 3.04. The number of amides is 1. The van der Waals surface area contributed by atoms with Crippen molar-refractivity contribution in [3.05, 3.63) is 60.2 Å². The van der Waals surface area contributed by atoms with Crippen molar-refractivity contribution in [3.63, 3.8) is 0 Å². The van der Waals surface area contributed by atoms with Crippen LogP contribution in [-0.2, 0) is 5.54 Å². The molecule has 17 heavy (non-hydrogen) atoms. The number of hydrogen-bond acceptors (Lipinski definition) is 1. The Bertz CT molecular complexity index is 517. The van der Waals surface area contributed by atoms with Crippen molar-refractivity contribution >= 4 is 5.91 Å². The second kappa shape index (κ2) is 3.59. The Morgan fingerprint density at radius 2 is 2.18 bits per heavy atom. The molecule has 0 radical (unpaired) electrons. The second-order valence-corrected chi connectivity index (χ2v) is 4.66. The third kappa shape index (κ3) is 1.24. The highest BCUT2D eigenvalue weighted by Crippen LogP contribution is 2.46. The summed E-state index contributed by atoms with van der Waals surface area (Å²) in [5.74, 6) is 0.159. The molecular weight excluding hydrogens is 210 g/mol. The first-order valence-corrected chi connectivity index (χ1v) is 5.97. The second-order valence-electron chi connectivity index (χ2n) is 4.66. The standard InChI is InChI=1S/C15H15NO/c1-2-9-15-10-5-6-11-16(15)14(17)12-7-3-4-8-13(12)15/h2-8H,1,9-11H2. The third-order valence-corrected chi connectivity index (χ3v) is 3.81. The van der Waals surface area contributed by atoms with E-state index in [1.807, 2.05) is 29.2 Å². The fraction of sp³-hybridized carbons (Fsp3) is 0.267. The highest BCUT2D eigenvalue weighted by atomic mass is 16.2. The number of carbonyl (C=O) groups excluding carboxylic acids is 1. The maximum Gasteiger partial charge on any atom is 0.255 e. The van der Waals surface area contributed by atoms with Crippen LogP contribution in [0.1, 0.15) is 28.8 Å². The van der Waals surface area contributed by atoms with Gasteiger partial charge in [0.05, 0.1) is 5.54 Å². The van der Waals surface area contributed by atoms with E-state index in [1.54, 1.807) is 0 Å². The van der Waals surface area contributed by atoms with Crippen LogP contribution in [0.5, 0.6) is 0 Å². The minimum absolute atomic E-state index is 0.159. The zero-order chi connectivity index (χ0) is 11.9. The van der Waals surface area contributed by atoms with Gasteiger partial charge in [0, 0.05) is 12.1 Å². The summed E-state index contributed by atoms with van der Waals surface area (Å²) in [5, 5.41) is 0. The SMILES string of the molecule is C=CCC12CC=CCN1C(=O)c1ccccc12. The Morgan fingerprint density at radius 3 is 3.00 bits per heavy atom. The minimum Gasteiger partial charge on any atom is -0.325 e. The van der Waals surface area contributed by atoms with E-state index in [9.17, 15) is 4.79 Å². The molecule has 0 saturated carbocycles. The lowest BCUT2D eigenvalue weighted by atomic mass is 9.82. The zero-order valence-electron chi connectivity index (χ0n) is 9.73. The smallest absolute Gasteiger partial charge is 0.255 e. The molecule has 0 saturated heterocycles. The van der Waals surface area contributed by atoms with Gasteiger partial charge in [0.1, 0.15) is 0 Å². The molecule has 0 N–H and O–H groups in total. The Hall–Kier alpha value is -1.83. The minimum atomic E-state index is -0.176. The summed E-state index contributed by atoms with van der Waals surface area (Å²) in [6, 6.07) is 7.96. The maximum absolute atomic E-state index is 12.4. The highest BCUT2D eigenvalue weighted by Gasteiger charge is 2.48. The molecule has 1 aromatic rings. The van der Waals surface area contributed by atoms with E-state index >= 15 is 0 Å². The van der Waals surface area contributed by atoms with Gasteiger partial charge in [-0.25, -0.2) is 0 Å². The molecule has 0 bridgehead atoms. The monoisotopic (exact) mass is 225 g/mol. The molecule has 86 valence electrons. The van der Waals surface area contributed by atoms with Gasteiger partial charge < -0.3 is 4.90 Å². The first-order valence-electron chi connectivity index (χ1n) is 5.97. The summed E-state index contributed by atoms with van der Waals surface area (Å²) in [6.45, 7) is 4.56. The van der Waals surface area contributed by atoms with E-state index < -0.39 is 0 Å². The van der Waals surface area contributed by atoms with Gasteiger partial charge >= 0.3 is 0 Å². The third-order valence-electron chi connectivity index (χ3n) is 3.81. The quantitative estimate of drug-likeness (QED) is 0.709. The van der Waals surface area contributed by atoms with Crippen molar-refractivity contribution in [2.24, 2.45) is 0 Å². The van der Waals surface area contributed by atoms with Crippen molar-refractivity contribution < 1.29 is 4.79 Å². The van der Waals surface area contributed by atoms with Crippen LogP contribution < -0.4 is 0 Å². The van der Waals surface area contributed by atoms with E-state index in [1.165, 1.54) is 0 Å². The number of nitrogens with zero attached hydrogens (tertiary/aromatic N) is 1. The average Bonchev–Trinajstić information content (AvgIpc) is 2.62. The van der Waals surface area contributed by atoms with Gasteiger partial charge in [-0.05, 0) is 24.5 Å². The maximum atomic E-state index is 12.4. The molecule has 1 aromatic carbocycles. The van der Waals surface area contributed by atoms with Crippen LogP contribution in [-0.4, -0.2) is 17.4 Å². The molecule has 2 nitrogen and oxygen atoms in total. The number of carbonyl (C=O) groups is 1.